The predicted octanol–water partition coefficient (Wildman–Crippen LogP) is 1.24. The van der Waals surface area contributed by atoms with Gasteiger partial charge in [-0.05, 0) is 31.5 Å². The molecule has 0 aliphatic heterocycles. The van der Waals surface area contributed by atoms with E-state index in [2.05, 4.69) is 15.6 Å². The highest BCUT2D eigenvalue weighted by atomic mass is 127. The van der Waals surface area contributed by atoms with Gasteiger partial charge in [0.1, 0.15) is 5.75 Å². The van der Waals surface area contributed by atoms with Gasteiger partial charge in [-0.25, -0.2) is 4.99 Å². The molecule has 118 valence electrons. The second-order valence-corrected chi connectivity index (χ2v) is 4.13. The monoisotopic (exact) mass is 406 g/mol. The third-order valence-corrected chi connectivity index (χ3v) is 2.39. The molecule has 0 spiro atoms. The van der Waals surface area contributed by atoms with Gasteiger partial charge in [0.25, 0.3) is 5.91 Å². The average Bonchev–Trinajstić information content (AvgIpc) is 2.43. The van der Waals surface area contributed by atoms with Crippen LogP contribution in [0.1, 0.15) is 19.4 Å². The molecule has 4 N–H and O–H groups in total. The lowest BCUT2D eigenvalue weighted by molar-refractivity contribution is -0.119. The molecular weight excluding hydrogens is 383 g/mol. The van der Waals surface area contributed by atoms with Crippen molar-refractivity contribution in [2.75, 3.05) is 19.7 Å². The molecule has 0 saturated heterocycles. The number of nitrogens with two attached hydrogens (primary N) is 1. The Morgan fingerprint density at radius 3 is 2.52 bits per heavy atom. The number of aliphatic imine (C=N–C) groups is 1. The van der Waals surface area contributed by atoms with Crippen molar-refractivity contribution in [1.82, 2.24) is 10.6 Å². The molecule has 0 aromatic heterocycles. The number of hydrogen-bond donors (Lipinski definition) is 3. The van der Waals surface area contributed by atoms with Crippen LogP contribution in [0.25, 0.3) is 0 Å². The smallest absolute Gasteiger partial charge is 0.255 e. The van der Waals surface area contributed by atoms with Crippen LogP contribution < -0.4 is 21.1 Å². The molecule has 0 aliphatic rings. The quantitative estimate of drug-likeness (QED) is 0.361. The summed E-state index contributed by atoms with van der Waals surface area (Å²) in [5.74, 6) is 0.901. The third-order valence-electron chi connectivity index (χ3n) is 2.39. The molecule has 0 radical (unpaired) electrons. The Balaban J connectivity index is 0.00000400. The zero-order chi connectivity index (χ0) is 14.8. The Bertz CT molecular complexity index is 458. The summed E-state index contributed by atoms with van der Waals surface area (Å²) < 4.78 is 5.26. The van der Waals surface area contributed by atoms with Crippen LogP contribution >= 0.6 is 24.0 Å². The van der Waals surface area contributed by atoms with Crippen molar-refractivity contribution in [3.63, 3.8) is 0 Å². The number of nitrogens with one attached hydrogen (secondary N) is 2. The molecule has 0 atom stereocenters. The van der Waals surface area contributed by atoms with Gasteiger partial charge in [0.05, 0.1) is 6.54 Å². The Morgan fingerprint density at radius 2 is 1.95 bits per heavy atom. The van der Waals surface area contributed by atoms with Crippen LogP contribution in [0.3, 0.4) is 0 Å². The molecule has 1 aromatic carbocycles. The highest BCUT2D eigenvalue weighted by Crippen LogP contribution is 2.13. The number of amides is 1. The number of guanidine groups is 1. The summed E-state index contributed by atoms with van der Waals surface area (Å²) in [6.45, 7) is 6.08. The number of ether oxygens (including phenoxy) is 1. The average molecular weight is 406 g/mol. The van der Waals surface area contributed by atoms with Crippen molar-refractivity contribution in [1.29, 1.82) is 0 Å². The van der Waals surface area contributed by atoms with Crippen LogP contribution in [0.4, 0.5) is 0 Å². The summed E-state index contributed by atoms with van der Waals surface area (Å²) in [6.07, 6.45) is 0. The molecular formula is C14H23IN4O2. The van der Waals surface area contributed by atoms with Crippen molar-refractivity contribution in [2.24, 2.45) is 10.7 Å². The maximum absolute atomic E-state index is 10.7. The Hall–Kier alpha value is -1.51. The number of rotatable bonds is 7. The van der Waals surface area contributed by atoms with E-state index in [0.29, 0.717) is 12.3 Å². The van der Waals surface area contributed by atoms with Crippen molar-refractivity contribution in [3.8, 4) is 5.75 Å². The minimum absolute atomic E-state index is 0. The van der Waals surface area contributed by atoms with Crippen molar-refractivity contribution in [3.05, 3.63) is 29.8 Å². The van der Waals surface area contributed by atoms with E-state index in [0.717, 1.165) is 24.6 Å². The summed E-state index contributed by atoms with van der Waals surface area (Å²) in [5, 5.41) is 6.31. The second kappa shape index (κ2) is 11.2. The van der Waals surface area contributed by atoms with Gasteiger partial charge in [0, 0.05) is 13.1 Å². The lowest BCUT2D eigenvalue weighted by Crippen LogP contribution is -2.36. The Morgan fingerprint density at radius 1 is 1.29 bits per heavy atom. The molecule has 0 heterocycles. The largest absolute Gasteiger partial charge is 0.484 e. The van der Waals surface area contributed by atoms with E-state index in [1.165, 1.54) is 0 Å². The van der Waals surface area contributed by atoms with Crippen LogP contribution in [-0.2, 0) is 11.3 Å². The molecule has 21 heavy (non-hydrogen) atoms. The SMILES string of the molecule is CCNC(=NCc1cccc(OCC(N)=O)c1)NCC.I. The molecule has 0 fully saturated rings. The van der Waals surface area contributed by atoms with Crippen LogP contribution in [-0.4, -0.2) is 31.6 Å². The third kappa shape index (κ3) is 8.38. The van der Waals surface area contributed by atoms with E-state index in [9.17, 15) is 4.79 Å². The summed E-state index contributed by atoms with van der Waals surface area (Å²) in [4.78, 5) is 15.1. The maximum Gasteiger partial charge on any atom is 0.255 e. The lowest BCUT2D eigenvalue weighted by atomic mass is 10.2. The summed E-state index contributed by atoms with van der Waals surface area (Å²) in [5.41, 5.74) is 6.04. The highest BCUT2D eigenvalue weighted by Gasteiger charge is 2.00. The molecule has 0 bridgehead atoms. The predicted molar refractivity (Wildman–Crippen MR) is 95.0 cm³/mol. The van der Waals surface area contributed by atoms with Gasteiger partial charge < -0.3 is 21.1 Å². The minimum atomic E-state index is -0.491. The van der Waals surface area contributed by atoms with Crippen LogP contribution in [0.5, 0.6) is 5.75 Å². The fraction of sp³-hybridized carbons (Fsp3) is 0.429. The first-order valence-electron chi connectivity index (χ1n) is 6.68. The number of nitrogens with zero attached hydrogens (tertiary/aromatic N) is 1. The first-order chi connectivity index (χ1) is 9.65. The highest BCUT2D eigenvalue weighted by molar-refractivity contribution is 14.0. The van der Waals surface area contributed by atoms with Crippen LogP contribution in [0, 0.1) is 0 Å². The molecule has 0 unspecified atom stereocenters. The fourth-order valence-corrected chi connectivity index (χ4v) is 1.57. The fourth-order valence-electron chi connectivity index (χ4n) is 1.57. The molecule has 1 rings (SSSR count). The van der Waals surface area contributed by atoms with E-state index in [1.807, 2.05) is 32.0 Å². The Kier molecular flexibility index (Phi) is 10.4. The number of benzene rings is 1. The van der Waals surface area contributed by atoms with Gasteiger partial charge in [0.15, 0.2) is 12.6 Å². The Labute approximate surface area is 142 Å². The second-order valence-electron chi connectivity index (χ2n) is 4.13. The molecule has 6 nitrogen and oxygen atoms in total. The summed E-state index contributed by atoms with van der Waals surface area (Å²) in [7, 11) is 0. The van der Waals surface area contributed by atoms with Gasteiger partial charge in [0.2, 0.25) is 0 Å². The van der Waals surface area contributed by atoms with Gasteiger partial charge >= 0.3 is 0 Å². The minimum Gasteiger partial charge on any atom is -0.484 e. The lowest BCUT2D eigenvalue weighted by Gasteiger charge is -2.09. The zero-order valence-corrected chi connectivity index (χ0v) is 14.7. The van der Waals surface area contributed by atoms with E-state index in [4.69, 9.17) is 10.5 Å². The number of carbonyl (C=O) groups excluding carboxylic acids is 1. The molecule has 0 saturated carbocycles. The number of hydrogen-bond acceptors (Lipinski definition) is 3. The molecule has 1 aromatic rings. The van der Waals surface area contributed by atoms with Gasteiger partial charge in [-0.1, -0.05) is 12.1 Å². The molecule has 1 amide bonds. The number of halogens is 1. The first-order valence-corrected chi connectivity index (χ1v) is 6.68. The zero-order valence-electron chi connectivity index (χ0n) is 12.4. The molecule has 7 heteroatoms. The van der Waals surface area contributed by atoms with Crippen LogP contribution in [0.2, 0.25) is 0 Å². The topological polar surface area (TPSA) is 88.7 Å². The summed E-state index contributed by atoms with van der Waals surface area (Å²) in [6, 6.07) is 7.45. The normalized spacial score (nSPS) is 9.24. The van der Waals surface area contributed by atoms with Gasteiger partial charge in [-0.2, -0.15) is 0 Å². The number of carbonyl (C=O) groups is 1. The van der Waals surface area contributed by atoms with E-state index in [-0.39, 0.29) is 30.6 Å². The van der Waals surface area contributed by atoms with E-state index >= 15 is 0 Å². The first kappa shape index (κ1) is 19.5. The standard InChI is InChI=1S/C14H22N4O2.HI/c1-3-16-14(17-4-2)18-9-11-6-5-7-12(8-11)20-10-13(15)19;/h5-8H,3-4,9-10H2,1-2H3,(H2,15,19)(H2,16,17,18);1H. The summed E-state index contributed by atoms with van der Waals surface area (Å²) >= 11 is 0. The number of primary amides is 1. The van der Waals surface area contributed by atoms with Crippen molar-refractivity contribution in [2.45, 2.75) is 20.4 Å². The maximum atomic E-state index is 10.7. The van der Waals surface area contributed by atoms with Gasteiger partial charge in [-0.15, -0.1) is 24.0 Å². The van der Waals surface area contributed by atoms with Crippen molar-refractivity contribution < 1.29 is 9.53 Å². The van der Waals surface area contributed by atoms with Gasteiger partial charge in [-0.3, -0.25) is 4.79 Å². The van der Waals surface area contributed by atoms with E-state index in [1.54, 1.807) is 6.07 Å². The van der Waals surface area contributed by atoms with Crippen molar-refractivity contribution >= 4 is 35.8 Å². The van der Waals surface area contributed by atoms with E-state index < -0.39 is 5.91 Å². The van der Waals surface area contributed by atoms with Crippen LogP contribution in [0.15, 0.2) is 29.3 Å². The molecule has 0 aliphatic carbocycles.